The third kappa shape index (κ3) is 3.39. The summed E-state index contributed by atoms with van der Waals surface area (Å²) in [5.74, 6) is -2.24. The van der Waals surface area contributed by atoms with Crippen LogP contribution in [-0.2, 0) is 9.59 Å². The van der Waals surface area contributed by atoms with Crippen LogP contribution in [0.25, 0.3) is 6.08 Å². The molecule has 3 aromatic carbocycles. The van der Waals surface area contributed by atoms with Gasteiger partial charge in [-0.3, -0.25) is 14.4 Å². The Morgan fingerprint density at radius 1 is 0.914 bits per heavy atom. The highest BCUT2D eigenvalue weighted by atomic mass is 79.9. The minimum atomic E-state index is -0.817. The molecule has 0 bridgehead atoms. The number of aryl methyl sites for hydroxylation is 1. The predicted octanol–water partition coefficient (Wildman–Crippen LogP) is 5.68. The van der Waals surface area contributed by atoms with E-state index in [1.807, 2.05) is 48.2 Å². The van der Waals surface area contributed by atoms with Gasteiger partial charge in [-0.15, -0.1) is 0 Å². The smallest absolute Gasteiger partial charge is 0.240 e. The van der Waals surface area contributed by atoms with E-state index in [9.17, 15) is 14.4 Å². The van der Waals surface area contributed by atoms with E-state index in [1.54, 1.807) is 42.5 Å². The Hall–Kier alpha value is -3.22. The number of rotatable bonds is 3. The average Bonchev–Trinajstić information content (AvgIpc) is 3.32. The first-order valence-corrected chi connectivity index (χ1v) is 12.5. The van der Waals surface area contributed by atoms with Crippen LogP contribution in [0, 0.1) is 18.8 Å². The molecule has 35 heavy (non-hydrogen) atoms. The summed E-state index contributed by atoms with van der Waals surface area (Å²) in [4.78, 5) is 44.8. The first-order chi connectivity index (χ1) is 16.8. The van der Waals surface area contributed by atoms with Crippen LogP contribution in [0.15, 0.2) is 77.3 Å². The summed E-state index contributed by atoms with van der Waals surface area (Å²) in [6.07, 6.45) is 3.85. The molecular weight excluding hydrogens is 528 g/mol. The average molecular weight is 548 g/mol. The van der Waals surface area contributed by atoms with Crippen molar-refractivity contribution in [3.63, 3.8) is 0 Å². The lowest BCUT2D eigenvalue weighted by atomic mass is 9.86. The van der Waals surface area contributed by atoms with E-state index in [1.165, 1.54) is 4.90 Å². The third-order valence-corrected chi connectivity index (χ3v) is 7.92. The van der Waals surface area contributed by atoms with Gasteiger partial charge in [0, 0.05) is 20.7 Å². The van der Waals surface area contributed by atoms with Gasteiger partial charge in [-0.25, -0.2) is 4.90 Å². The van der Waals surface area contributed by atoms with Crippen molar-refractivity contribution in [2.75, 3.05) is 9.80 Å². The predicted molar refractivity (Wildman–Crippen MR) is 140 cm³/mol. The highest BCUT2D eigenvalue weighted by Gasteiger charge is 2.64. The number of hydrogen-bond acceptors (Lipinski definition) is 4. The number of carbonyl (C=O) groups is 3. The molecule has 174 valence electrons. The summed E-state index contributed by atoms with van der Waals surface area (Å²) in [6.45, 7) is 1.95. The van der Waals surface area contributed by atoms with Gasteiger partial charge in [0.2, 0.25) is 11.8 Å². The van der Waals surface area contributed by atoms with E-state index in [-0.39, 0.29) is 17.6 Å². The standard InChI is InChI=1S/C28H20BrClN2O3/c1-15-2-10-20(11-3-15)31-27(34)23-22-12-6-17-14-19(30)9-13-21(17)32(22)25(24(23)28(31)35)26(33)16-4-7-18(29)8-5-16/h2-14,22-25H,1H3/t22-,23-,24-,25+/m0/s1. The van der Waals surface area contributed by atoms with Gasteiger partial charge in [0.05, 0.1) is 23.6 Å². The SMILES string of the molecule is Cc1ccc(N2C(=O)[C@@H]3[C@H](C2=O)[C@H](C(=O)c2ccc(Br)cc2)N2c4ccc(Cl)cc4C=C[C@@H]32)cc1. The Morgan fingerprint density at radius 2 is 1.60 bits per heavy atom. The molecule has 0 spiro atoms. The highest BCUT2D eigenvalue weighted by Crippen LogP contribution is 2.50. The molecule has 0 radical (unpaired) electrons. The molecule has 3 aromatic rings. The Balaban J connectivity index is 1.49. The highest BCUT2D eigenvalue weighted by molar-refractivity contribution is 9.10. The lowest BCUT2D eigenvalue weighted by molar-refractivity contribution is -0.122. The minimum Gasteiger partial charge on any atom is -0.352 e. The fourth-order valence-electron chi connectivity index (χ4n) is 5.58. The molecule has 2 fully saturated rings. The number of halogens is 2. The molecule has 7 heteroatoms. The van der Waals surface area contributed by atoms with Crippen LogP contribution in [-0.4, -0.2) is 29.7 Å². The van der Waals surface area contributed by atoms with E-state index >= 15 is 0 Å². The topological polar surface area (TPSA) is 57.7 Å². The monoisotopic (exact) mass is 546 g/mol. The van der Waals surface area contributed by atoms with Gasteiger partial charge in [-0.2, -0.15) is 0 Å². The van der Waals surface area contributed by atoms with Crippen LogP contribution in [0.3, 0.4) is 0 Å². The van der Waals surface area contributed by atoms with Crippen molar-refractivity contribution in [2.45, 2.75) is 19.0 Å². The number of imide groups is 1. The molecule has 5 nitrogen and oxygen atoms in total. The van der Waals surface area contributed by atoms with E-state index < -0.39 is 23.9 Å². The molecule has 0 saturated carbocycles. The zero-order valence-corrected chi connectivity index (χ0v) is 21.0. The van der Waals surface area contributed by atoms with Crippen molar-refractivity contribution in [2.24, 2.45) is 11.8 Å². The molecule has 0 aromatic heterocycles. The lowest BCUT2D eigenvalue weighted by Crippen LogP contribution is -2.48. The summed E-state index contributed by atoms with van der Waals surface area (Å²) in [6, 6.07) is 18.7. The number of anilines is 2. The van der Waals surface area contributed by atoms with E-state index in [0.717, 1.165) is 21.3 Å². The molecule has 2 amide bonds. The Bertz CT molecular complexity index is 1420. The molecule has 6 rings (SSSR count). The fourth-order valence-corrected chi connectivity index (χ4v) is 6.02. The Morgan fingerprint density at radius 3 is 2.31 bits per heavy atom. The molecule has 3 heterocycles. The van der Waals surface area contributed by atoms with Crippen molar-refractivity contribution in [3.05, 3.63) is 99.0 Å². The largest absolute Gasteiger partial charge is 0.352 e. The third-order valence-electron chi connectivity index (χ3n) is 7.16. The van der Waals surface area contributed by atoms with Crippen LogP contribution < -0.4 is 9.80 Å². The Labute approximate surface area is 216 Å². The van der Waals surface area contributed by atoms with Crippen LogP contribution in [0.4, 0.5) is 11.4 Å². The maximum Gasteiger partial charge on any atom is 0.240 e. The van der Waals surface area contributed by atoms with Gasteiger partial charge in [0.1, 0.15) is 6.04 Å². The second kappa shape index (κ2) is 8.18. The molecule has 3 aliphatic rings. The van der Waals surface area contributed by atoms with Crippen LogP contribution in [0.1, 0.15) is 21.5 Å². The van der Waals surface area contributed by atoms with Gasteiger partial charge in [0.25, 0.3) is 0 Å². The fraction of sp³-hybridized carbons (Fsp3) is 0.179. The molecule has 4 atom stereocenters. The molecular formula is C28H20BrClN2O3. The van der Waals surface area contributed by atoms with Gasteiger partial charge >= 0.3 is 0 Å². The van der Waals surface area contributed by atoms with Gasteiger partial charge in [-0.1, -0.05) is 69.5 Å². The summed E-state index contributed by atoms with van der Waals surface area (Å²) in [7, 11) is 0. The molecule has 3 aliphatic heterocycles. The van der Waals surface area contributed by atoms with E-state index in [0.29, 0.717) is 16.3 Å². The van der Waals surface area contributed by atoms with Crippen LogP contribution in [0.2, 0.25) is 5.02 Å². The number of ketones is 1. The number of amides is 2. The summed E-state index contributed by atoms with van der Waals surface area (Å²) in [5, 5.41) is 0.583. The number of Topliss-reactive ketones (excluding diaryl/α,β-unsaturated/α-hetero) is 1. The normalized spacial score (nSPS) is 24.4. The Kier molecular flexibility index (Phi) is 5.20. The molecule has 0 aliphatic carbocycles. The van der Waals surface area contributed by atoms with Gasteiger partial charge in [-0.05, 0) is 55.0 Å². The van der Waals surface area contributed by atoms with Gasteiger partial charge < -0.3 is 4.90 Å². The zero-order chi connectivity index (χ0) is 24.4. The van der Waals surface area contributed by atoms with E-state index in [2.05, 4.69) is 15.9 Å². The van der Waals surface area contributed by atoms with Crippen LogP contribution in [0.5, 0.6) is 0 Å². The maximum atomic E-state index is 14.0. The first-order valence-electron chi connectivity index (χ1n) is 11.4. The lowest BCUT2D eigenvalue weighted by Gasteiger charge is -2.36. The molecule has 0 unspecified atom stereocenters. The van der Waals surface area contributed by atoms with Crippen molar-refractivity contribution in [1.82, 2.24) is 0 Å². The second-order valence-electron chi connectivity index (χ2n) is 9.18. The van der Waals surface area contributed by atoms with Crippen molar-refractivity contribution >= 4 is 62.6 Å². The quantitative estimate of drug-likeness (QED) is 0.313. The number of fused-ring (bicyclic) bond motifs is 5. The van der Waals surface area contributed by atoms with Crippen molar-refractivity contribution in [3.8, 4) is 0 Å². The van der Waals surface area contributed by atoms with Crippen molar-refractivity contribution < 1.29 is 14.4 Å². The number of benzene rings is 3. The minimum absolute atomic E-state index is 0.182. The maximum absolute atomic E-state index is 14.0. The molecule has 0 N–H and O–H groups in total. The first kappa shape index (κ1) is 22.3. The zero-order valence-electron chi connectivity index (χ0n) is 18.7. The number of hydrogen-bond donors (Lipinski definition) is 0. The van der Waals surface area contributed by atoms with Crippen molar-refractivity contribution in [1.29, 1.82) is 0 Å². The summed E-state index contributed by atoms with van der Waals surface area (Å²) < 4.78 is 0.856. The second-order valence-corrected chi connectivity index (χ2v) is 10.5. The van der Waals surface area contributed by atoms with Crippen LogP contribution >= 0.6 is 27.5 Å². The number of carbonyl (C=O) groups excluding carboxylic acids is 3. The summed E-state index contributed by atoms with van der Waals surface area (Å²) >= 11 is 9.64. The number of nitrogens with zero attached hydrogens (tertiary/aromatic N) is 2. The summed E-state index contributed by atoms with van der Waals surface area (Å²) in [5.41, 5.74) is 3.73. The molecule has 2 saturated heterocycles. The van der Waals surface area contributed by atoms with Gasteiger partial charge in [0.15, 0.2) is 5.78 Å². The van der Waals surface area contributed by atoms with E-state index in [4.69, 9.17) is 11.6 Å².